The van der Waals surface area contributed by atoms with Crippen LogP contribution in [0.2, 0.25) is 0 Å². The molecule has 0 amide bonds. The lowest BCUT2D eigenvalue weighted by molar-refractivity contribution is 0.354. The first-order valence-corrected chi connectivity index (χ1v) is 9.79. The van der Waals surface area contributed by atoms with E-state index in [-0.39, 0.29) is 10.7 Å². The lowest BCUT2D eigenvalue weighted by Crippen LogP contribution is -2.14. The molecule has 1 aromatic carbocycles. The largest absolute Gasteiger partial charge is 0.493 e. The van der Waals surface area contributed by atoms with Crippen LogP contribution in [0.25, 0.3) is 0 Å². The summed E-state index contributed by atoms with van der Waals surface area (Å²) in [6.45, 7) is 5.16. The smallest absolute Gasteiger partial charge is 0.263 e. The summed E-state index contributed by atoms with van der Waals surface area (Å²) in [5.41, 5.74) is 0.847. The fraction of sp³-hybridized carbons (Fsp3) is 0.389. The van der Waals surface area contributed by atoms with Gasteiger partial charge >= 0.3 is 0 Å². The highest BCUT2D eigenvalue weighted by Gasteiger charge is 2.17. The van der Waals surface area contributed by atoms with Crippen molar-refractivity contribution in [1.82, 2.24) is 4.98 Å². The van der Waals surface area contributed by atoms with E-state index in [1.54, 1.807) is 24.4 Å². The summed E-state index contributed by atoms with van der Waals surface area (Å²) in [4.78, 5) is 4.22. The van der Waals surface area contributed by atoms with Gasteiger partial charge in [0, 0.05) is 12.6 Å². The number of nitrogens with zero attached hydrogens (tertiary/aromatic N) is 1. The molecular formula is C18H25N3O4S. The standard InChI is InChI=1S/C18H25N3O4S/c1-13(2)9-10-19-14-5-8-18(20-12-14)21-26(22,23)15-6-7-16(24-3)17(11-15)25-4/h5-8,11-13,19H,9-10H2,1-4H3,(H,20,21). The first-order chi connectivity index (χ1) is 12.4. The molecule has 0 bridgehead atoms. The van der Waals surface area contributed by atoms with E-state index < -0.39 is 10.0 Å². The van der Waals surface area contributed by atoms with Crippen LogP contribution in [-0.2, 0) is 10.0 Å². The number of anilines is 2. The van der Waals surface area contributed by atoms with Crippen LogP contribution in [0.4, 0.5) is 11.5 Å². The number of benzene rings is 1. The molecule has 2 N–H and O–H groups in total. The van der Waals surface area contributed by atoms with Gasteiger partial charge in [0.1, 0.15) is 5.82 Å². The quantitative estimate of drug-likeness (QED) is 0.694. The molecule has 2 rings (SSSR count). The molecule has 0 fully saturated rings. The molecule has 8 heteroatoms. The number of ether oxygens (including phenoxy) is 2. The number of sulfonamides is 1. The molecule has 1 heterocycles. The van der Waals surface area contributed by atoms with E-state index in [0.29, 0.717) is 17.4 Å². The Bertz CT molecular complexity index is 821. The molecular weight excluding hydrogens is 354 g/mol. The maximum atomic E-state index is 12.5. The second-order valence-corrected chi connectivity index (χ2v) is 7.85. The van der Waals surface area contributed by atoms with Crippen LogP contribution in [-0.4, -0.2) is 34.2 Å². The minimum Gasteiger partial charge on any atom is -0.493 e. The Labute approximate surface area is 154 Å². The van der Waals surface area contributed by atoms with Gasteiger partial charge in [0.05, 0.1) is 31.0 Å². The molecule has 0 aliphatic carbocycles. The van der Waals surface area contributed by atoms with Crippen LogP contribution in [0, 0.1) is 5.92 Å². The van der Waals surface area contributed by atoms with E-state index in [1.807, 2.05) is 0 Å². The Morgan fingerprint density at radius 1 is 1.08 bits per heavy atom. The van der Waals surface area contributed by atoms with Crippen molar-refractivity contribution >= 4 is 21.5 Å². The van der Waals surface area contributed by atoms with Gasteiger partial charge in [-0.15, -0.1) is 0 Å². The lowest BCUT2D eigenvalue weighted by Gasteiger charge is -2.12. The number of nitrogens with one attached hydrogen (secondary N) is 2. The number of hydrogen-bond donors (Lipinski definition) is 2. The Hall–Kier alpha value is -2.48. The second-order valence-electron chi connectivity index (χ2n) is 6.16. The van der Waals surface area contributed by atoms with Crippen molar-refractivity contribution in [3.8, 4) is 11.5 Å². The number of pyridine rings is 1. The first kappa shape index (κ1) is 19.8. The van der Waals surface area contributed by atoms with Crippen molar-refractivity contribution in [2.45, 2.75) is 25.2 Å². The van der Waals surface area contributed by atoms with E-state index in [2.05, 4.69) is 28.9 Å². The minimum atomic E-state index is -3.78. The fourth-order valence-electron chi connectivity index (χ4n) is 2.24. The number of aromatic nitrogens is 1. The molecule has 0 unspecified atom stereocenters. The van der Waals surface area contributed by atoms with Crippen molar-refractivity contribution in [3.63, 3.8) is 0 Å². The summed E-state index contributed by atoms with van der Waals surface area (Å²) in [7, 11) is -0.837. The molecule has 0 aliphatic rings. The van der Waals surface area contributed by atoms with Crippen molar-refractivity contribution in [3.05, 3.63) is 36.5 Å². The number of methoxy groups -OCH3 is 2. The number of hydrogen-bond acceptors (Lipinski definition) is 6. The summed E-state index contributed by atoms with van der Waals surface area (Å²) in [5.74, 6) is 1.66. The molecule has 0 saturated heterocycles. The van der Waals surface area contributed by atoms with E-state index in [9.17, 15) is 8.42 Å². The predicted molar refractivity (Wildman–Crippen MR) is 103 cm³/mol. The van der Waals surface area contributed by atoms with Crippen LogP contribution in [0.1, 0.15) is 20.3 Å². The highest BCUT2D eigenvalue weighted by atomic mass is 32.2. The van der Waals surface area contributed by atoms with Crippen LogP contribution in [0.3, 0.4) is 0 Å². The Kier molecular flexibility index (Phi) is 6.68. The van der Waals surface area contributed by atoms with Crippen molar-refractivity contribution in [2.75, 3.05) is 30.8 Å². The molecule has 0 atom stereocenters. The summed E-state index contributed by atoms with van der Waals surface area (Å²) in [6.07, 6.45) is 2.65. The maximum Gasteiger partial charge on any atom is 0.263 e. The summed E-state index contributed by atoms with van der Waals surface area (Å²) in [6, 6.07) is 7.81. The predicted octanol–water partition coefficient (Wildman–Crippen LogP) is 3.36. The highest BCUT2D eigenvalue weighted by Crippen LogP contribution is 2.30. The molecule has 0 radical (unpaired) electrons. The molecule has 142 valence electrons. The zero-order valence-electron chi connectivity index (χ0n) is 15.4. The third kappa shape index (κ3) is 5.26. The zero-order valence-corrected chi connectivity index (χ0v) is 16.3. The van der Waals surface area contributed by atoms with Gasteiger partial charge in [-0.25, -0.2) is 13.4 Å². The zero-order chi connectivity index (χ0) is 19.2. The van der Waals surface area contributed by atoms with Gasteiger partial charge in [-0.05, 0) is 36.6 Å². The lowest BCUT2D eigenvalue weighted by atomic mass is 10.1. The number of rotatable bonds is 9. The van der Waals surface area contributed by atoms with Crippen molar-refractivity contribution in [2.24, 2.45) is 5.92 Å². The molecule has 7 nitrogen and oxygen atoms in total. The average Bonchev–Trinajstić information content (AvgIpc) is 2.62. The van der Waals surface area contributed by atoms with Gasteiger partial charge in [0.2, 0.25) is 0 Å². The van der Waals surface area contributed by atoms with E-state index in [1.165, 1.54) is 26.4 Å². The van der Waals surface area contributed by atoms with E-state index >= 15 is 0 Å². The summed E-state index contributed by atoms with van der Waals surface area (Å²) >= 11 is 0. The van der Waals surface area contributed by atoms with Crippen LogP contribution in [0.15, 0.2) is 41.4 Å². The molecule has 0 spiro atoms. The molecule has 26 heavy (non-hydrogen) atoms. The van der Waals surface area contributed by atoms with E-state index in [4.69, 9.17) is 9.47 Å². The topological polar surface area (TPSA) is 89.6 Å². The third-order valence-electron chi connectivity index (χ3n) is 3.72. The Morgan fingerprint density at radius 3 is 2.38 bits per heavy atom. The van der Waals surface area contributed by atoms with Gasteiger partial charge < -0.3 is 14.8 Å². The van der Waals surface area contributed by atoms with Crippen LogP contribution in [0.5, 0.6) is 11.5 Å². The molecule has 0 saturated carbocycles. The fourth-order valence-corrected chi connectivity index (χ4v) is 3.27. The first-order valence-electron chi connectivity index (χ1n) is 8.30. The monoisotopic (exact) mass is 379 g/mol. The SMILES string of the molecule is COc1ccc(S(=O)(=O)Nc2ccc(NCCC(C)C)cn2)cc1OC. The van der Waals surface area contributed by atoms with Gasteiger partial charge in [0.15, 0.2) is 11.5 Å². The Balaban J connectivity index is 2.09. The minimum absolute atomic E-state index is 0.0658. The molecule has 2 aromatic rings. The summed E-state index contributed by atoms with van der Waals surface area (Å²) < 4.78 is 37.8. The highest BCUT2D eigenvalue weighted by molar-refractivity contribution is 7.92. The van der Waals surface area contributed by atoms with Crippen LogP contribution >= 0.6 is 0 Å². The van der Waals surface area contributed by atoms with Crippen molar-refractivity contribution < 1.29 is 17.9 Å². The van der Waals surface area contributed by atoms with Gasteiger partial charge in [-0.3, -0.25) is 4.72 Å². The Morgan fingerprint density at radius 2 is 1.81 bits per heavy atom. The van der Waals surface area contributed by atoms with Gasteiger partial charge in [-0.2, -0.15) is 0 Å². The van der Waals surface area contributed by atoms with E-state index in [0.717, 1.165) is 18.7 Å². The third-order valence-corrected chi connectivity index (χ3v) is 5.07. The normalized spacial score (nSPS) is 11.3. The summed E-state index contributed by atoms with van der Waals surface area (Å²) in [5, 5.41) is 3.26. The van der Waals surface area contributed by atoms with Gasteiger partial charge in [-0.1, -0.05) is 13.8 Å². The molecule has 1 aromatic heterocycles. The van der Waals surface area contributed by atoms with Crippen molar-refractivity contribution in [1.29, 1.82) is 0 Å². The second kappa shape index (κ2) is 8.75. The molecule has 0 aliphatic heterocycles. The maximum absolute atomic E-state index is 12.5. The average molecular weight is 379 g/mol. The van der Waals surface area contributed by atoms with Gasteiger partial charge in [0.25, 0.3) is 10.0 Å². The van der Waals surface area contributed by atoms with Crippen LogP contribution < -0.4 is 19.5 Å².